The van der Waals surface area contributed by atoms with Crippen molar-refractivity contribution in [3.8, 4) is 5.75 Å². The van der Waals surface area contributed by atoms with Crippen molar-refractivity contribution in [3.63, 3.8) is 0 Å². The fraction of sp³-hybridized carbons (Fsp3) is 0.455. The summed E-state index contributed by atoms with van der Waals surface area (Å²) < 4.78 is 10.8. The van der Waals surface area contributed by atoms with Crippen molar-refractivity contribution in [2.75, 3.05) is 20.3 Å². The molecule has 1 aromatic carbocycles. The van der Waals surface area contributed by atoms with Crippen LogP contribution in [0.15, 0.2) is 24.3 Å². The normalized spacial score (nSPS) is 12.5. The van der Waals surface area contributed by atoms with Gasteiger partial charge in [0.1, 0.15) is 9.86 Å². The predicted octanol–water partition coefficient (Wildman–Crippen LogP) is 2.53. The Morgan fingerprint density at radius 1 is 1.40 bits per heavy atom. The van der Waals surface area contributed by atoms with Crippen LogP contribution in [-0.2, 0) is 4.74 Å². The lowest BCUT2D eigenvalue weighted by atomic mass is 10.2. The number of aliphatic hydroxyl groups excluding tert-OH is 1. The highest BCUT2D eigenvalue weighted by atomic mass is 127. The molecule has 0 spiro atoms. The second kappa shape index (κ2) is 7.03. The molecule has 0 amide bonds. The van der Waals surface area contributed by atoms with Gasteiger partial charge < -0.3 is 14.6 Å². The third kappa shape index (κ3) is 3.96. The van der Waals surface area contributed by atoms with Gasteiger partial charge in [-0.25, -0.2) is 0 Å². The van der Waals surface area contributed by atoms with Crippen molar-refractivity contribution >= 4 is 22.6 Å². The van der Waals surface area contributed by atoms with Crippen LogP contribution in [0.3, 0.4) is 0 Å². The Morgan fingerprint density at radius 3 is 2.80 bits per heavy atom. The molecule has 0 fully saturated rings. The van der Waals surface area contributed by atoms with E-state index in [1.54, 1.807) is 7.11 Å². The quantitative estimate of drug-likeness (QED) is 0.497. The van der Waals surface area contributed by atoms with Gasteiger partial charge in [-0.1, -0.05) is 18.2 Å². The predicted molar refractivity (Wildman–Crippen MR) is 67.4 cm³/mol. The summed E-state index contributed by atoms with van der Waals surface area (Å²) in [5.41, 5.74) is 1.03. The molecule has 0 aliphatic heterocycles. The minimum atomic E-state index is -0.0368. The van der Waals surface area contributed by atoms with E-state index < -0.39 is 0 Å². The molecule has 0 saturated heterocycles. The zero-order valence-corrected chi connectivity index (χ0v) is 10.8. The molecule has 0 bridgehead atoms. The third-order valence-electron chi connectivity index (χ3n) is 1.95. The smallest absolute Gasteiger partial charge is 0.137 e. The number of para-hydroxylation sites is 1. The summed E-state index contributed by atoms with van der Waals surface area (Å²) in [6.45, 7) is 0.720. The average Bonchev–Trinajstić information content (AvgIpc) is 2.29. The van der Waals surface area contributed by atoms with E-state index in [1.165, 1.54) is 0 Å². The molecular weight excluding hydrogens is 307 g/mol. The average molecular weight is 322 g/mol. The first-order chi connectivity index (χ1) is 7.29. The number of aliphatic hydroxyl groups is 1. The van der Waals surface area contributed by atoms with Crippen molar-refractivity contribution in [1.29, 1.82) is 0 Å². The molecule has 0 radical (unpaired) electrons. The molecule has 15 heavy (non-hydrogen) atoms. The first kappa shape index (κ1) is 12.7. The largest absolute Gasteiger partial charge is 0.496 e. The van der Waals surface area contributed by atoms with Crippen LogP contribution in [0.4, 0.5) is 0 Å². The molecule has 1 unspecified atom stereocenters. The van der Waals surface area contributed by atoms with Crippen LogP contribution in [0, 0.1) is 0 Å². The molecule has 0 aliphatic rings. The van der Waals surface area contributed by atoms with Crippen LogP contribution in [0.25, 0.3) is 0 Å². The van der Waals surface area contributed by atoms with E-state index in [4.69, 9.17) is 14.6 Å². The molecule has 3 nitrogen and oxygen atoms in total. The molecule has 1 N–H and O–H groups in total. The Kier molecular flexibility index (Phi) is 5.97. The monoisotopic (exact) mass is 322 g/mol. The van der Waals surface area contributed by atoms with Crippen molar-refractivity contribution < 1.29 is 14.6 Å². The lowest BCUT2D eigenvalue weighted by Crippen LogP contribution is -2.02. The molecule has 0 heterocycles. The number of ether oxygens (including phenoxy) is 2. The maximum atomic E-state index is 8.64. The Labute approximate surface area is 104 Å². The summed E-state index contributed by atoms with van der Waals surface area (Å²) in [5, 5.41) is 8.64. The van der Waals surface area contributed by atoms with Gasteiger partial charge in [0.15, 0.2) is 0 Å². The third-order valence-corrected chi connectivity index (χ3v) is 2.98. The first-order valence-corrected chi connectivity index (χ1v) is 6.03. The molecule has 0 aliphatic carbocycles. The van der Waals surface area contributed by atoms with Crippen molar-refractivity contribution in [2.45, 2.75) is 10.5 Å². The number of hydrogen-bond donors (Lipinski definition) is 1. The summed E-state index contributed by atoms with van der Waals surface area (Å²) in [6, 6.07) is 7.78. The molecule has 1 atom stereocenters. The fourth-order valence-corrected chi connectivity index (χ4v) is 1.96. The van der Waals surface area contributed by atoms with E-state index in [2.05, 4.69) is 22.6 Å². The Balaban J connectivity index is 2.59. The van der Waals surface area contributed by atoms with Gasteiger partial charge in [-0.05, 0) is 35.1 Å². The maximum absolute atomic E-state index is 8.64. The number of halogens is 1. The highest BCUT2D eigenvalue weighted by molar-refractivity contribution is 14.1. The summed E-state index contributed by atoms with van der Waals surface area (Å²) >= 11 is 2.21. The van der Waals surface area contributed by atoms with Gasteiger partial charge in [0.2, 0.25) is 0 Å². The second-order valence-electron chi connectivity index (χ2n) is 3.01. The lowest BCUT2D eigenvalue weighted by molar-refractivity contribution is 0.105. The second-order valence-corrected chi connectivity index (χ2v) is 4.14. The van der Waals surface area contributed by atoms with Gasteiger partial charge in [-0.2, -0.15) is 0 Å². The van der Waals surface area contributed by atoms with Crippen LogP contribution in [0.5, 0.6) is 5.75 Å². The fourth-order valence-electron chi connectivity index (χ4n) is 1.20. The molecule has 0 aromatic heterocycles. The van der Waals surface area contributed by atoms with Crippen LogP contribution in [0.2, 0.25) is 0 Å². The number of rotatable bonds is 6. The minimum Gasteiger partial charge on any atom is -0.496 e. The van der Waals surface area contributed by atoms with Gasteiger partial charge in [0.25, 0.3) is 0 Å². The number of alkyl halides is 1. The molecule has 1 aromatic rings. The molecule has 4 heteroatoms. The van der Waals surface area contributed by atoms with E-state index in [1.807, 2.05) is 24.3 Å². The van der Waals surface area contributed by atoms with E-state index in [9.17, 15) is 0 Å². The summed E-state index contributed by atoms with van der Waals surface area (Å²) in [4.78, 5) is 0. The first-order valence-electron chi connectivity index (χ1n) is 4.79. The summed E-state index contributed by atoms with van der Waals surface area (Å²) in [7, 11) is 1.65. The van der Waals surface area contributed by atoms with E-state index in [0.717, 1.165) is 11.3 Å². The van der Waals surface area contributed by atoms with Crippen molar-refractivity contribution in [2.24, 2.45) is 0 Å². The van der Waals surface area contributed by atoms with E-state index in [-0.39, 0.29) is 10.7 Å². The number of benzene rings is 1. The minimum absolute atomic E-state index is 0.0368. The Hall–Kier alpha value is -0.330. The zero-order valence-electron chi connectivity index (χ0n) is 8.65. The van der Waals surface area contributed by atoms with Crippen molar-refractivity contribution in [1.82, 2.24) is 0 Å². The highest BCUT2D eigenvalue weighted by Crippen LogP contribution is 2.32. The summed E-state index contributed by atoms with van der Waals surface area (Å²) in [5.74, 6) is 0.834. The van der Waals surface area contributed by atoms with Gasteiger partial charge in [0, 0.05) is 12.2 Å². The standard InChI is InChI=1S/C11H15IO3/c1-14-10-6-3-2-5-9(10)11(12)15-8-4-7-13/h2-3,5-6,11,13H,4,7-8H2,1H3. The molecular formula is C11H15IO3. The lowest BCUT2D eigenvalue weighted by Gasteiger charge is -2.14. The van der Waals surface area contributed by atoms with Crippen LogP contribution in [0.1, 0.15) is 16.1 Å². The Morgan fingerprint density at radius 2 is 2.13 bits per heavy atom. The number of methoxy groups -OCH3 is 1. The van der Waals surface area contributed by atoms with Gasteiger partial charge in [0.05, 0.1) is 13.7 Å². The van der Waals surface area contributed by atoms with Gasteiger partial charge in [-0.3, -0.25) is 0 Å². The van der Waals surface area contributed by atoms with Gasteiger partial charge in [-0.15, -0.1) is 0 Å². The zero-order chi connectivity index (χ0) is 11.1. The molecule has 1 rings (SSSR count). The maximum Gasteiger partial charge on any atom is 0.137 e. The van der Waals surface area contributed by atoms with E-state index in [0.29, 0.717) is 13.0 Å². The van der Waals surface area contributed by atoms with Crippen LogP contribution >= 0.6 is 22.6 Å². The molecule has 0 saturated carbocycles. The molecule has 84 valence electrons. The van der Waals surface area contributed by atoms with Crippen molar-refractivity contribution in [3.05, 3.63) is 29.8 Å². The summed E-state index contributed by atoms with van der Waals surface area (Å²) in [6.07, 6.45) is 0.661. The number of hydrogen-bond acceptors (Lipinski definition) is 3. The van der Waals surface area contributed by atoms with Crippen LogP contribution < -0.4 is 4.74 Å². The van der Waals surface area contributed by atoms with Gasteiger partial charge >= 0.3 is 0 Å². The SMILES string of the molecule is COc1ccccc1C(I)OCCCO. The highest BCUT2D eigenvalue weighted by Gasteiger charge is 2.11. The Bertz CT molecular complexity index is 291. The van der Waals surface area contributed by atoms with Crippen LogP contribution in [-0.4, -0.2) is 25.4 Å². The van der Waals surface area contributed by atoms with E-state index >= 15 is 0 Å². The topological polar surface area (TPSA) is 38.7 Å².